The van der Waals surface area contributed by atoms with Crippen molar-refractivity contribution in [2.24, 2.45) is 0 Å². The van der Waals surface area contributed by atoms with E-state index in [0.717, 1.165) is 11.3 Å². The molecule has 3 aromatic rings. The second kappa shape index (κ2) is 8.05. The molecule has 1 heterocycles. The van der Waals surface area contributed by atoms with E-state index < -0.39 is 0 Å². The van der Waals surface area contributed by atoms with E-state index in [9.17, 15) is 4.79 Å². The molecule has 8 nitrogen and oxygen atoms in total. The SMILES string of the molecule is CCOc1c(Cl)cc(C(=O)Nc2ccc(C)c(-n3cnnn3)c2)cc1OC. The van der Waals surface area contributed by atoms with Gasteiger partial charge in [0, 0.05) is 11.3 Å². The maximum atomic E-state index is 12.7. The first kappa shape index (κ1) is 18.7. The number of hydrogen-bond donors (Lipinski definition) is 1. The lowest BCUT2D eigenvalue weighted by atomic mass is 10.1. The largest absolute Gasteiger partial charge is 0.493 e. The van der Waals surface area contributed by atoms with E-state index in [2.05, 4.69) is 20.8 Å². The number of nitrogens with zero attached hydrogens (tertiary/aromatic N) is 4. The summed E-state index contributed by atoms with van der Waals surface area (Å²) in [7, 11) is 1.49. The molecule has 0 unspecified atom stereocenters. The molecule has 2 aromatic carbocycles. The molecule has 0 aliphatic carbocycles. The Morgan fingerprint density at radius 1 is 1.30 bits per heavy atom. The maximum Gasteiger partial charge on any atom is 0.255 e. The Bertz CT molecular complexity index is 960. The molecule has 0 saturated carbocycles. The third-order valence-electron chi connectivity index (χ3n) is 3.84. The standard InChI is InChI=1S/C18H18ClN5O3/c1-4-27-17-14(19)7-12(8-16(17)26-3)18(25)21-13-6-5-11(2)15(9-13)24-10-20-22-23-24/h5-10H,4H2,1-3H3,(H,21,25). The summed E-state index contributed by atoms with van der Waals surface area (Å²) >= 11 is 6.24. The van der Waals surface area contributed by atoms with Gasteiger partial charge in [0.15, 0.2) is 11.5 Å². The van der Waals surface area contributed by atoms with Crippen molar-refractivity contribution in [3.8, 4) is 17.2 Å². The monoisotopic (exact) mass is 387 g/mol. The maximum absolute atomic E-state index is 12.7. The number of aryl methyl sites for hydroxylation is 1. The molecule has 140 valence electrons. The quantitative estimate of drug-likeness (QED) is 0.697. The van der Waals surface area contributed by atoms with Crippen LogP contribution in [0, 0.1) is 6.92 Å². The van der Waals surface area contributed by atoms with Crippen molar-refractivity contribution in [2.45, 2.75) is 13.8 Å². The number of rotatable bonds is 6. The highest BCUT2D eigenvalue weighted by Gasteiger charge is 2.16. The van der Waals surface area contributed by atoms with Crippen LogP contribution in [0.1, 0.15) is 22.8 Å². The van der Waals surface area contributed by atoms with Crippen LogP contribution < -0.4 is 14.8 Å². The molecular weight excluding hydrogens is 370 g/mol. The van der Waals surface area contributed by atoms with Crippen LogP contribution in [0.5, 0.6) is 11.5 Å². The lowest BCUT2D eigenvalue weighted by Gasteiger charge is -2.14. The first-order valence-corrected chi connectivity index (χ1v) is 8.57. The fourth-order valence-electron chi connectivity index (χ4n) is 2.54. The molecule has 0 fully saturated rings. The number of aromatic nitrogens is 4. The lowest BCUT2D eigenvalue weighted by molar-refractivity contribution is 0.102. The molecule has 3 rings (SSSR count). The van der Waals surface area contributed by atoms with Crippen LogP contribution in [0.25, 0.3) is 5.69 Å². The van der Waals surface area contributed by atoms with Gasteiger partial charge >= 0.3 is 0 Å². The zero-order valence-corrected chi connectivity index (χ0v) is 15.8. The number of benzene rings is 2. The van der Waals surface area contributed by atoms with Gasteiger partial charge in [-0.25, -0.2) is 4.68 Å². The van der Waals surface area contributed by atoms with Crippen LogP contribution in [0.15, 0.2) is 36.7 Å². The first-order chi connectivity index (χ1) is 13.0. The molecule has 0 atom stereocenters. The molecule has 27 heavy (non-hydrogen) atoms. The number of amides is 1. The topological polar surface area (TPSA) is 91.2 Å². The minimum atomic E-state index is -0.329. The van der Waals surface area contributed by atoms with Crippen molar-refractivity contribution in [2.75, 3.05) is 19.0 Å². The molecule has 0 aliphatic heterocycles. The third-order valence-corrected chi connectivity index (χ3v) is 4.12. The van der Waals surface area contributed by atoms with Crippen molar-refractivity contribution in [1.82, 2.24) is 20.2 Å². The predicted molar refractivity (Wildman–Crippen MR) is 101 cm³/mol. The Balaban J connectivity index is 1.88. The zero-order chi connectivity index (χ0) is 19.4. The van der Waals surface area contributed by atoms with E-state index in [4.69, 9.17) is 21.1 Å². The molecule has 9 heteroatoms. The number of hydrogen-bond acceptors (Lipinski definition) is 6. The number of carbonyl (C=O) groups excluding carboxylic acids is 1. The van der Waals surface area contributed by atoms with Crippen LogP contribution in [0.4, 0.5) is 5.69 Å². The molecule has 0 spiro atoms. The number of tetrazole rings is 1. The number of anilines is 1. The predicted octanol–water partition coefficient (Wildman–Crippen LogP) is 3.28. The molecule has 1 N–H and O–H groups in total. The lowest BCUT2D eigenvalue weighted by Crippen LogP contribution is -2.13. The number of nitrogens with one attached hydrogen (secondary N) is 1. The summed E-state index contributed by atoms with van der Waals surface area (Å²) in [6.07, 6.45) is 1.49. The average molecular weight is 388 g/mol. The third kappa shape index (κ3) is 4.01. The van der Waals surface area contributed by atoms with E-state index in [-0.39, 0.29) is 5.91 Å². The highest BCUT2D eigenvalue weighted by Crippen LogP contribution is 2.36. The Morgan fingerprint density at radius 2 is 2.11 bits per heavy atom. The van der Waals surface area contributed by atoms with Gasteiger partial charge in [-0.15, -0.1) is 5.10 Å². The van der Waals surface area contributed by atoms with Crippen LogP contribution in [0.3, 0.4) is 0 Å². The summed E-state index contributed by atoms with van der Waals surface area (Å²) < 4.78 is 12.3. The van der Waals surface area contributed by atoms with Gasteiger partial charge in [0.1, 0.15) is 6.33 Å². The normalized spacial score (nSPS) is 10.5. The number of carbonyl (C=O) groups is 1. The van der Waals surface area contributed by atoms with Gasteiger partial charge in [0.05, 0.1) is 24.4 Å². The Kier molecular flexibility index (Phi) is 5.56. The van der Waals surface area contributed by atoms with Gasteiger partial charge in [-0.1, -0.05) is 17.7 Å². The molecule has 0 radical (unpaired) electrons. The minimum absolute atomic E-state index is 0.305. The summed E-state index contributed by atoms with van der Waals surface area (Å²) in [5.41, 5.74) is 2.68. The Labute approximate surface area is 161 Å². The minimum Gasteiger partial charge on any atom is -0.493 e. The molecular formula is C18H18ClN5O3. The van der Waals surface area contributed by atoms with Crippen molar-refractivity contribution in [3.05, 3.63) is 52.8 Å². The molecule has 0 saturated heterocycles. The van der Waals surface area contributed by atoms with Gasteiger partial charge in [-0.05, 0) is 54.1 Å². The Morgan fingerprint density at radius 3 is 2.78 bits per heavy atom. The number of halogens is 1. The van der Waals surface area contributed by atoms with Gasteiger partial charge in [0.2, 0.25) is 0 Å². The van der Waals surface area contributed by atoms with E-state index in [1.54, 1.807) is 24.3 Å². The van der Waals surface area contributed by atoms with E-state index in [0.29, 0.717) is 34.4 Å². The van der Waals surface area contributed by atoms with E-state index >= 15 is 0 Å². The van der Waals surface area contributed by atoms with Crippen LogP contribution in [0.2, 0.25) is 5.02 Å². The highest BCUT2D eigenvalue weighted by atomic mass is 35.5. The van der Waals surface area contributed by atoms with Gasteiger partial charge in [0.25, 0.3) is 5.91 Å². The van der Waals surface area contributed by atoms with E-state index in [1.807, 2.05) is 19.9 Å². The number of ether oxygens (including phenoxy) is 2. The van der Waals surface area contributed by atoms with Crippen molar-refractivity contribution < 1.29 is 14.3 Å². The summed E-state index contributed by atoms with van der Waals surface area (Å²) in [5, 5.41) is 14.3. The molecule has 1 aromatic heterocycles. The summed E-state index contributed by atoms with van der Waals surface area (Å²) in [4.78, 5) is 12.7. The fourth-order valence-corrected chi connectivity index (χ4v) is 2.81. The van der Waals surface area contributed by atoms with Crippen molar-refractivity contribution in [3.63, 3.8) is 0 Å². The second-order valence-corrected chi connectivity index (χ2v) is 6.04. The first-order valence-electron chi connectivity index (χ1n) is 8.19. The summed E-state index contributed by atoms with van der Waals surface area (Å²) in [6.45, 7) is 4.21. The van der Waals surface area contributed by atoms with E-state index in [1.165, 1.54) is 18.1 Å². The summed E-state index contributed by atoms with van der Waals surface area (Å²) in [6, 6.07) is 8.59. The molecule has 0 bridgehead atoms. The summed E-state index contributed by atoms with van der Waals surface area (Å²) in [5.74, 6) is 0.479. The highest BCUT2D eigenvalue weighted by molar-refractivity contribution is 6.32. The fraction of sp³-hybridized carbons (Fsp3) is 0.222. The molecule has 1 amide bonds. The van der Waals surface area contributed by atoms with Crippen LogP contribution in [-0.4, -0.2) is 39.8 Å². The van der Waals surface area contributed by atoms with Crippen LogP contribution in [-0.2, 0) is 0 Å². The van der Waals surface area contributed by atoms with Crippen molar-refractivity contribution >= 4 is 23.2 Å². The van der Waals surface area contributed by atoms with Gasteiger partial charge < -0.3 is 14.8 Å². The molecule has 0 aliphatic rings. The van der Waals surface area contributed by atoms with Crippen LogP contribution >= 0.6 is 11.6 Å². The smallest absolute Gasteiger partial charge is 0.255 e. The zero-order valence-electron chi connectivity index (χ0n) is 15.1. The van der Waals surface area contributed by atoms with Crippen molar-refractivity contribution in [1.29, 1.82) is 0 Å². The second-order valence-electron chi connectivity index (χ2n) is 5.63. The Hall–Kier alpha value is -3.13. The van der Waals surface area contributed by atoms with Gasteiger partial charge in [-0.3, -0.25) is 4.79 Å². The van der Waals surface area contributed by atoms with Gasteiger partial charge in [-0.2, -0.15) is 0 Å². The number of methoxy groups -OCH3 is 1. The average Bonchev–Trinajstić information content (AvgIpc) is 3.19.